The van der Waals surface area contributed by atoms with Crippen molar-refractivity contribution in [3.8, 4) is 5.75 Å². The van der Waals surface area contributed by atoms with Gasteiger partial charge in [-0.15, -0.1) is 0 Å². The minimum absolute atomic E-state index is 0.0233. The van der Waals surface area contributed by atoms with Crippen LogP contribution in [0.4, 0.5) is 5.69 Å². The number of carbonyl (C=O) groups excluding carboxylic acids is 2. The van der Waals surface area contributed by atoms with Gasteiger partial charge in [-0.3, -0.25) is 14.5 Å². The number of carbonyl (C=O) groups is 2. The van der Waals surface area contributed by atoms with Crippen LogP contribution in [0.3, 0.4) is 0 Å². The Morgan fingerprint density at radius 2 is 1.84 bits per heavy atom. The van der Waals surface area contributed by atoms with Crippen LogP contribution in [-0.2, 0) is 9.59 Å². The minimum Gasteiger partial charge on any atom is -0.507 e. The summed E-state index contributed by atoms with van der Waals surface area (Å²) in [7, 11) is 0. The first-order chi connectivity index (χ1) is 15.0. The zero-order valence-electron chi connectivity index (χ0n) is 17.3. The maximum atomic E-state index is 13.0. The Hall–Kier alpha value is -3.80. The summed E-state index contributed by atoms with van der Waals surface area (Å²) in [4.78, 5) is 27.3. The van der Waals surface area contributed by atoms with Crippen LogP contribution < -0.4 is 9.64 Å². The van der Waals surface area contributed by atoms with Crippen LogP contribution in [0.25, 0.3) is 5.76 Å². The van der Waals surface area contributed by atoms with Crippen molar-refractivity contribution in [1.82, 2.24) is 0 Å². The SMILES string of the molecule is CC(C)COc1cccc(/C(O)=C2/C(=O)C(=O)N(c3ccccc3)C2c2ccco2)c1. The van der Waals surface area contributed by atoms with Crippen molar-refractivity contribution in [3.63, 3.8) is 0 Å². The molecule has 6 heteroatoms. The first-order valence-electron chi connectivity index (χ1n) is 10.1. The van der Waals surface area contributed by atoms with Gasteiger partial charge >= 0.3 is 0 Å². The number of ketones is 1. The van der Waals surface area contributed by atoms with Crippen molar-refractivity contribution in [2.75, 3.05) is 11.5 Å². The number of anilines is 1. The Balaban J connectivity index is 1.82. The molecule has 0 radical (unpaired) electrons. The summed E-state index contributed by atoms with van der Waals surface area (Å²) in [6.45, 7) is 4.60. The molecule has 1 aromatic heterocycles. The van der Waals surface area contributed by atoms with Gasteiger partial charge in [0.05, 0.1) is 18.4 Å². The van der Waals surface area contributed by atoms with Crippen LogP contribution in [-0.4, -0.2) is 23.4 Å². The minimum atomic E-state index is -0.877. The van der Waals surface area contributed by atoms with Crippen molar-refractivity contribution in [2.24, 2.45) is 5.92 Å². The van der Waals surface area contributed by atoms with E-state index in [1.807, 2.05) is 19.9 Å². The molecule has 1 N–H and O–H groups in total. The van der Waals surface area contributed by atoms with Gasteiger partial charge in [-0.25, -0.2) is 0 Å². The van der Waals surface area contributed by atoms with Crippen LogP contribution in [0.5, 0.6) is 5.75 Å². The van der Waals surface area contributed by atoms with E-state index in [9.17, 15) is 14.7 Å². The van der Waals surface area contributed by atoms with Gasteiger partial charge < -0.3 is 14.3 Å². The number of hydrogen-bond donors (Lipinski definition) is 1. The van der Waals surface area contributed by atoms with E-state index in [2.05, 4.69) is 0 Å². The second-order valence-corrected chi connectivity index (χ2v) is 7.75. The number of Topliss-reactive ketones (excluding diaryl/α,β-unsaturated/α-hetero) is 1. The predicted octanol–water partition coefficient (Wildman–Crippen LogP) is 4.94. The highest BCUT2D eigenvalue weighted by Gasteiger charge is 2.48. The fraction of sp³-hybridized carbons (Fsp3) is 0.200. The highest BCUT2D eigenvalue weighted by Crippen LogP contribution is 2.42. The molecular formula is C25H23NO5. The fourth-order valence-electron chi connectivity index (χ4n) is 3.56. The van der Waals surface area contributed by atoms with E-state index in [-0.39, 0.29) is 11.3 Å². The van der Waals surface area contributed by atoms with E-state index in [1.54, 1.807) is 60.7 Å². The summed E-state index contributed by atoms with van der Waals surface area (Å²) in [6.07, 6.45) is 1.47. The Morgan fingerprint density at radius 1 is 1.06 bits per heavy atom. The predicted molar refractivity (Wildman–Crippen MR) is 117 cm³/mol. The molecule has 0 spiro atoms. The van der Waals surface area contributed by atoms with Crippen molar-refractivity contribution in [3.05, 3.63) is 89.9 Å². The molecule has 2 heterocycles. The third-order valence-electron chi connectivity index (χ3n) is 4.98. The molecule has 6 nitrogen and oxygen atoms in total. The lowest BCUT2D eigenvalue weighted by atomic mass is 9.99. The third-order valence-corrected chi connectivity index (χ3v) is 4.98. The number of nitrogens with zero attached hydrogens (tertiary/aromatic N) is 1. The Kier molecular flexibility index (Phi) is 5.62. The molecule has 1 unspecified atom stereocenters. The molecule has 1 aliphatic rings. The van der Waals surface area contributed by atoms with Gasteiger partial charge in [-0.1, -0.05) is 44.2 Å². The van der Waals surface area contributed by atoms with E-state index in [4.69, 9.17) is 9.15 Å². The number of aliphatic hydroxyl groups is 1. The molecule has 1 aliphatic heterocycles. The fourth-order valence-corrected chi connectivity index (χ4v) is 3.56. The molecule has 1 fully saturated rings. The molecule has 0 saturated carbocycles. The molecule has 31 heavy (non-hydrogen) atoms. The molecule has 0 bridgehead atoms. The summed E-state index contributed by atoms with van der Waals surface area (Å²) in [5, 5.41) is 11.1. The number of hydrogen-bond acceptors (Lipinski definition) is 5. The maximum absolute atomic E-state index is 13.0. The number of furan rings is 1. The molecule has 4 rings (SSSR count). The Bertz CT molecular complexity index is 1120. The topological polar surface area (TPSA) is 80.0 Å². The van der Waals surface area contributed by atoms with Gasteiger partial charge in [0.1, 0.15) is 23.3 Å². The van der Waals surface area contributed by atoms with E-state index < -0.39 is 17.7 Å². The summed E-state index contributed by atoms with van der Waals surface area (Å²) >= 11 is 0. The van der Waals surface area contributed by atoms with Gasteiger partial charge in [0.25, 0.3) is 11.7 Å². The monoisotopic (exact) mass is 417 g/mol. The van der Waals surface area contributed by atoms with Gasteiger partial charge in [0.2, 0.25) is 0 Å². The molecule has 1 saturated heterocycles. The lowest BCUT2D eigenvalue weighted by Gasteiger charge is -2.23. The van der Waals surface area contributed by atoms with Crippen molar-refractivity contribution >= 4 is 23.1 Å². The molecule has 3 aromatic rings. The molecule has 2 aromatic carbocycles. The second kappa shape index (κ2) is 8.52. The Labute approximate surface area is 180 Å². The molecule has 1 atom stereocenters. The smallest absolute Gasteiger partial charge is 0.300 e. The average Bonchev–Trinajstić information content (AvgIpc) is 3.40. The standard InChI is InChI=1S/C25H23NO5/c1-16(2)15-31-19-11-6-8-17(14-19)23(27)21-22(20-12-7-13-30-20)26(25(29)24(21)28)18-9-4-3-5-10-18/h3-14,16,22,27H,15H2,1-2H3/b23-21-. The van der Waals surface area contributed by atoms with E-state index >= 15 is 0 Å². The second-order valence-electron chi connectivity index (χ2n) is 7.75. The highest BCUT2D eigenvalue weighted by molar-refractivity contribution is 6.51. The van der Waals surface area contributed by atoms with Crippen LogP contribution in [0, 0.1) is 5.92 Å². The number of rotatable bonds is 6. The first-order valence-corrected chi connectivity index (χ1v) is 10.1. The van der Waals surface area contributed by atoms with Gasteiger partial charge in [0, 0.05) is 11.3 Å². The van der Waals surface area contributed by atoms with Crippen molar-refractivity contribution in [2.45, 2.75) is 19.9 Å². The third kappa shape index (κ3) is 3.97. The maximum Gasteiger partial charge on any atom is 0.300 e. The number of aliphatic hydroxyl groups excluding tert-OH is 1. The number of para-hydroxylation sites is 1. The number of benzene rings is 2. The lowest BCUT2D eigenvalue weighted by molar-refractivity contribution is -0.132. The molecule has 158 valence electrons. The highest BCUT2D eigenvalue weighted by atomic mass is 16.5. The van der Waals surface area contributed by atoms with E-state index in [0.29, 0.717) is 35.3 Å². The largest absolute Gasteiger partial charge is 0.507 e. The lowest BCUT2D eigenvalue weighted by Crippen LogP contribution is -2.29. The van der Waals surface area contributed by atoms with Crippen molar-refractivity contribution in [1.29, 1.82) is 0 Å². The average molecular weight is 417 g/mol. The number of amides is 1. The van der Waals surface area contributed by atoms with E-state index in [1.165, 1.54) is 11.2 Å². The number of ether oxygens (including phenoxy) is 1. The normalized spacial score (nSPS) is 18.0. The van der Waals surface area contributed by atoms with Crippen molar-refractivity contribution < 1.29 is 23.8 Å². The van der Waals surface area contributed by atoms with Gasteiger partial charge in [-0.05, 0) is 42.3 Å². The Morgan fingerprint density at radius 3 is 2.52 bits per heavy atom. The van der Waals surface area contributed by atoms with E-state index in [0.717, 1.165) is 0 Å². The molecule has 1 amide bonds. The molecule has 0 aliphatic carbocycles. The van der Waals surface area contributed by atoms with Crippen LogP contribution in [0.2, 0.25) is 0 Å². The molecular weight excluding hydrogens is 394 g/mol. The summed E-state index contributed by atoms with van der Waals surface area (Å²) < 4.78 is 11.3. The zero-order valence-corrected chi connectivity index (χ0v) is 17.3. The zero-order chi connectivity index (χ0) is 22.0. The van der Waals surface area contributed by atoms with Crippen LogP contribution >= 0.6 is 0 Å². The van der Waals surface area contributed by atoms with Crippen LogP contribution in [0.15, 0.2) is 83.0 Å². The van der Waals surface area contributed by atoms with Gasteiger partial charge in [-0.2, -0.15) is 0 Å². The van der Waals surface area contributed by atoms with Crippen LogP contribution in [0.1, 0.15) is 31.2 Å². The van der Waals surface area contributed by atoms with Gasteiger partial charge in [0.15, 0.2) is 0 Å². The summed E-state index contributed by atoms with van der Waals surface area (Å²) in [6, 6.07) is 18.2. The summed E-state index contributed by atoms with van der Waals surface area (Å²) in [5.41, 5.74) is 0.910. The summed E-state index contributed by atoms with van der Waals surface area (Å²) in [5.74, 6) is -0.459. The first kappa shape index (κ1) is 20.5. The quantitative estimate of drug-likeness (QED) is 0.349.